The standard InChI is InChI=1S/C29H28N4/c1-28(17-13-23(14-18-28)29(30)15-8-16-29)26-24(21-9-4-2-5-10-21)20-33-25(19-31-27(33)32-26)22-11-6-3-7-12-22/h2-7,9-14,17,19-20H,8,15-16,18,30H2,1H3. The molecule has 0 aliphatic heterocycles. The largest absolute Gasteiger partial charge is 0.321 e. The second kappa shape index (κ2) is 7.53. The molecule has 1 saturated carbocycles. The highest BCUT2D eigenvalue weighted by molar-refractivity contribution is 5.71. The topological polar surface area (TPSA) is 56.2 Å². The molecule has 2 heterocycles. The maximum atomic E-state index is 6.61. The molecule has 2 aromatic heterocycles. The van der Waals surface area contributed by atoms with Crippen LogP contribution in [0.1, 0.15) is 38.3 Å². The van der Waals surface area contributed by atoms with Crippen LogP contribution in [0.15, 0.2) is 96.9 Å². The van der Waals surface area contributed by atoms with Gasteiger partial charge in [-0.15, -0.1) is 0 Å². The molecule has 2 aliphatic rings. The Bertz CT molecular complexity index is 1380. The van der Waals surface area contributed by atoms with E-state index in [1.807, 2.05) is 12.3 Å². The third-order valence-corrected chi connectivity index (χ3v) is 7.40. The van der Waals surface area contributed by atoms with E-state index in [1.165, 1.54) is 12.0 Å². The predicted octanol–water partition coefficient (Wildman–Crippen LogP) is 6.09. The highest BCUT2D eigenvalue weighted by atomic mass is 15.1. The van der Waals surface area contributed by atoms with Crippen LogP contribution < -0.4 is 5.73 Å². The molecular weight excluding hydrogens is 404 g/mol. The highest BCUT2D eigenvalue weighted by Crippen LogP contribution is 2.43. The van der Waals surface area contributed by atoms with E-state index < -0.39 is 0 Å². The van der Waals surface area contributed by atoms with E-state index >= 15 is 0 Å². The van der Waals surface area contributed by atoms with Crippen molar-refractivity contribution in [1.29, 1.82) is 0 Å². The molecule has 0 radical (unpaired) electrons. The van der Waals surface area contributed by atoms with E-state index in [2.05, 4.69) is 95.3 Å². The van der Waals surface area contributed by atoms with Crippen LogP contribution in [0, 0.1) is 0 Å². The van der Waals surface area contributed by atoms with Gasteiger partial charge in [0.2, 0.25) is 5.78 Å². The molecule has 4 aromatic rings. The first kappa shape index (κ1) is 20.1. The van der Waals surface area contributed by atoms with Gasteiger partial charge in [-0.1, -0.05) is 85.8 Å². The molecular formula is C29H28N4. The number of fused-ring (bicyclic) bond motifs is 1. The molecule has 2 aromatic carbocycles. The van der Waals surface area contributed by atoms with Crippen LogP contribution in [0.5, 0.6) is 0 Å². The number of allylic oxidation sites excluding steroid dienone is 2. The Morgan fingerprint density at radius 3 is 2.24 bits per heavy atom. The summed E-state index contributed by atoms with van der Waals surface area (Å²) in [6, 6.07) is 20.9. The van der Waals surface area contributed by atoms with E-state index in [0.29, 0.717) is 0 Å². The van der Waals surface area contributed by atoms with Crippen molar-refractivity contribution in [1.82, 2.24) is 14.4 Å². The number of rotatable bonds is 4. The third kappa shape index (κ3) is 3.33. The lowest BCUT2D eigenvalue weighted by Gasteiger charge is -2.42. The number of nitrogens with two attached hydrogens (primary N) is 1. The first-order chi connectivity index (χ1) is 16.1. The average Bonchev–Trinajstić information content (AvgIpc) is 3.26. The fraction of sp³-hybridized carbons (Fsp3) is 0.241. The van der Waals surface area contributed by atoms with Crippen molar-refractivity contribution in [2.45, 2.75) is 43.6 Å². The predicted molar refractivity (Wildman–Crippen MR) is 134 cm³/mol. The van der Waals surface area contributed by atoms with Gasteiger partial charge in [0.05, 0.1) is 17.6 Å². The zero-order valence-corrected chi connectivity index (χ0v) is 18.9. The molecule has 0 amide bonds. The molecule has 0 bridgehead atoms. The Labute approximate surface area is 194 Å². The number of benzene rings is 2. The van der Waals surface area contributed by atoms with Gasteiger partial charge in [0, 0.05) is 28.3 Å². The molecule has 164 valence electrons. The summed E-state index contributed by atoms with van der Waals surface area (Å²) >= 11 is 0. The number of hydrogen-bond donors (Lipinski definition) is 1. The van der Waals surface area contributed by atoms with E-state index in [4.69, 9.17) is 10.7 Å². The Balaban J connectivity index is 1.50. The van der Waals surface area contributed by atoms with Crippen molar-refractivity contribution in [2.24, 2.45) is 5.73 Å². The van der Waals surface area contributed by atoms with Crippen LogP contribution in [-0.4, -0.2) is 19.9 Å². The fourth-order valence-corrected chi connectivity index (χ4v) is 5.12. The van der Waals surface area contributed by atoms with Crippen LogP contribution in [0.3, 0.4) is 0 Å². The summed E-state index contributed by atoms with van der Waals surface area (Å²) in [6.07, 6.45) is 15.3. The van der Waals surface area contributed by atoms with Crippen molar-refractivity contribution in [2.75, 3.05) is 0 Å². The molecule has 0 spiro atoms. The smallest absolute Gasteiger partial charge is 0.234 e. The van der Waals surface area contributed by atoms with Crippen molar-refractivity contribution in [3.05, 3.63) is 103 Å². The molecule has 1 unspecified atom stereocenters. The lowest BCUT2D eigenvalue weighted by Crippen LogP contribution is -2.48. The summed E-state index contributed by atoms with van der Waals surface area (Å²) in [5.74, 6) is 0.724. The molecule has 1 atom stereocenters. The van der Waals surface area contributed by atoms with Gasteiger partial charge in [0.25, 0.3) is 0 Å². The third-order valence-electron chi connectivity index (χ3n) is 7.40. The molecule has 2 N–H and O–H groups in total. The molecule has 4 heteroatoms. The van der Waals surface area contributed by atoms with Gasteiger partial charge in [-0.2, -0.15) is 0 Å². The summed E-state index contributed by atoms with van der Waals surface area (Å²) in [5.41, 5.74) is 13.0. The van der Waals surface area contributed by atoms with E-state index in [0.717, 1.165) is 53.1 Å². The Hall–Kier alpha value is -3.50. The van der Waals surface area contributed by atoms with Gasteiger partial charge in [0.1, 0.15) is 0 Å². The lowest BCUT2D eigenvalue weighted by atomic mass is 9.68. The van der Waals surface area contributed by atoms with Crippen molar-refractivity contribution < 1.29 is 0 Å². The zero-order chi connectivity index (χ0) is 22.5. The van der Waals surface area contributed by atoms with Crippen molar-refractivity contribution in [3.8, 4) is 22.4 Å². The van der Waals surface area contributed by atoms with Gasteiger partial charge in [-0.25, -0.2) is 9.97 Å². The second-order valence-corrected chi connectivity index (χ2v) is 9.67. The SMILES string of the molecule is CC1(c2nc3ncc(-c4ccccc4)n3cc2-c2ccccc2)C=CC(C2(N)CCC2)=CC1. The van der Waals surface area contributed by atoms with Crippen LogP contribution in [0.4, 0.5) is 0 Å². The lowest BCUT2D eigenvalue weighted by molar-refractivity contribution is 0.301. The first-order valence-electron chi connectivity index (χ1n) is 11.7. The molecule has 33 heavy (non-hydrogen) atoms. The number of hydrogen-bond acceptors (Lipinski definition) is 3. The van der Waals surface area contributed by atoms with E-state index in [1.54, 1.807) is 0 Å². The number of aromatic nitrogens is 3. The Morgan fingerprint density at radius 1 is 0.939 bits per heavy atom. The monoisotopic (exact) mass is 432 g/mol. The summed E-state index contributed by atoms with van der Waals surface area (Å²) in [5, 5.41) is 0. The van der Waals surface area contributed by atoms with Gasteiger partial charge >= 0.3 is 0 Å². The molecule has 0 saturated heterocycles. The van der Waals surface area contributed by atoms with Gasteiger partial charge in [-0.05, 0) is 36.8 Å². The number of imidazole rings is 1. The average molecular weight is 433 g/mol. The number of nitrogens with zero attached hydrogens (tertiary/aromatic N) is 3. The maximum absolute atomic E-state index is 6.61. The van der Waals surface area contributed by atoms with E-state index in [9.17, 15) is 0 Å². The molecule has 1 fully saturated rings. The quantitative estimate of drug-likeness (QED) is 0.425. The summed E-state index contributed by atoms with van der Waals surface area (Å²) in [6.45, 7) is 2.27. The maximum Gasteiger partial charge on any atom is 0.234 e. The highest BCUT2D eigenvalue weighted by Gasteiger charge is 2.38. The Kier molecular flexibility index (Phi) is 4.59. The second-order valence-electron chi connectivity index (χ2n) is 9.67. The van der Waals surface area contributed by atoms with Gasteiger partial charge < -0.3 is 5.73 Å². The fourth-order valence-electron chi connectivity index (χ4n) is 5.12. The van der Waals surface area contributed by atoms with Crippen LogP contribution >= 0.6 is 0 Å². The van der Waals surface area contributed by atoms with Gasteiger partial charge in [0.15, 0.2) is 0 Å². The minimum absolute atomic E-state index is 0.134. The Morgan fingerprint density at radius 2 is 1.64 bits per heavy atom. The van der Waals surface area contributed by atoms with Crippen LogP contribution in [0.25, 0.3) is 28.2 Å². The van der Waals surface area contributed by atoms with Crippen molar-refractivity contribution >= 4 is 5.78 Å². The van der Waals surface area contributed by atoms with Crippen LogP contribution in [0.2, 0.25) is 0 Å². The summed E-state index contributed by atoms with van der Waals surface area (Å²) in [7, 11) is 0. The molecule has 6 rings (SSSR count). The van der Waals surface area contributed by atoms with Gasteiger partial charge in [-0.3, -0.25) is 4.40 Å². The summed E-state index contributed by atoms with van der Waals surface area (Å²) in [4.78, 5) is 9.84. The minimum atomic E-state index is -0.227. The first-order valence-corrected chi connectivity index (χ1v) is 11.7. The zero-order valence-electron chi connectivity index (χ0n) is 18.9. The van der Waals surface area contributed by atoms with Crippen LogP contribution in [-0.2, 0) is 5.41 Å². The van der Waals surface area contributed by atoms with Crippen molar-refractivity contribution in [3.63, 3.8) is 0 Å². The summed E-state index contributed by atoms with van der Waals surface area (Å²) < 4.78 is 2.11. The molecule has 2 aliphatic carbocycles. The minimum Gasteiger partial charge on any atom is -0.321 e. The normalized spacial score (nSPS) is 21.6. The molecule has 4 nitrogen and oxygen atoms in total. The van der Waals surface area contributed by atoms with E-state index in [-0.39, 0.29) is 11.0 Å².